The summed E-state index contributed by atoms with van der Waals surface area (Å²) in [4.78, 5) is 41.4. The van der Waals surface area contributed by atoms with Gasteiger partial charge in [-0.3, -0.25) is 14.9 Å². The van der Waals surface area contributed by atoms with Gasteiger partial charge in [0.1, 0.15) is 6.54 Å². The Labute approximate surface area is 160 Å². The fourth-order valence-electron chi connectivity index (χ4n) is 2.58. The molecule has 1 N–H and O–H groups in total. The first kappa shape index (κ1) is 18.9. The smallest absolute Gasteiger partial charge is 0.312 e. The van der Waals surface area contributed by atoms with E-state index in [1.807, 2.05) is 7.05 Å². The highest BCUT2D eigenvalue weighted by molar-refractivity contribution is 5.89. The molecule has 0 atom stereocenters. The molecule has 0 spiro atoms. The second-order valence-electron chi connectivity index (χ2n) is 6.08. The van der Waals surface area contributed by atoms with E-state index in [1.165, 1.54) is 12.1 Å². The Balaban J connectivity index is 1.74. The third-order valence-electron chi connectivity index (χ3n) is 4.15. The maximum absolute atomic E-state index is 12.2. The van der Waals surface area contributed by atoms with Crippen LogP contribution in [0.25, 0.3) is 10.8 Å². The van der Waals surface area contributed by atoms with Crippen molar-refractivity contribution in [2.24, 2.45) is 5.16 Å². The van der Waals surface area contributed by atoms with Gasteiger partial charge in [0.2, 0.25) is 17.2 Å². The van der Waals surface area contributed by atoms with E-state index in [0.717, 1.165) is 5.56 Å². The topological polar surface area (TPSA) is 87.8 Å². The average Bonchev–Trinajstić information content (AvgIpc) is 2.97. The monoisotopic (exact) mass is 376 g/mol. The van der Waals surface area contributed by atoms with Crippen molar-refractivity contribution in [1.29, 1.82) is 0 Å². The molecule has 0 aliphatic heterocycles. The largest absolute Gasteiger partial charge is 0.365 e. The fourth-order valence-corrected chi connectivity index (χ4v) is 2.58. The number of carbonyl (C=O) groups is 1. The quantitative estimate of drug-likeness (QED) is 0.228. The molecular weight excluding hydrogens is 358 g/mol. The Morgan fingerprint density at radius 1 is 1.11 bits per heavy atom. The number of nitrogens with one attached hydrogen (secondary N) is 1. The fraction of sp³-hybridized carbons (Fsp3) is 0.0952. The molecule has 28 heavy (non-hydrogen) atoms. The van der Waals surface area contributed by atoms with E-state index in [1.54, 1.807) is 53.5 Å². The van der Waals surface area contributed by atoms with E-state index in [4.69, 9.17) is 4.84 Å². The van der Waals surface area contributed by atoms with Crippen LogP contribution in [-0.4, -0.2) is 23.9 Å². The summed E-state index contributed by atoms with van der Waals surface area (Å²) in [5, 5.41) is 6.74. The molecule has 140 valence electrons. The molecule has 0 fully saturated rings. The predicted octanol–water partition coefficient (Wildman–Crippen LogP) is 1.01. The highest BCUT2D eigenvalue weighted by atomic mass is 16.7. The number of benzene rings is 2. The Morgan fingerprint density at radius 3 is 2.29 bits per heavy atom. The molecular formula is C21H18N3O4+. The van der Waals surface area contributed by atoms with Crippen LogP contribution in [0.2, 0.25) is 0 Å². The third-order valence-corrected chi connectivity index (χ3v) is 4.15. The summed E-state index contributed by atoms with van der Waals surface area (Å²) in [6.45, 7) is 4.20. The molecule has 3 aromatic rings. The summed E-state index contributed by atoms with van der Waals surface area (Å²) in [5.41, 5.74) is 0.120. The van der Waals surface area contributed by atoms with Crippen molar-refractivity contribution in [1.82, 2.24) is 5.32 Å². The maximum Gasteiger partial charge on any atom is 0.365 e. The van der Waals surface area contributed by atoms with Gasteiger partial charge in [0, 0.05) is 10.8 Å². The van der Waals surface area contributed by atoms with Gasteiger partial charge in [0.05, 0.1) is 18.8 Å². The van der Waals surface area contributed by atoms with Crippen LogP contribution in [0.1, 0.15) is 15.9 Å². The highest BCUT2D eigenvalue weighted by Gasteiger charge is 2.12. The molecule has 0 aromatic heterocycles. The van der Waals surface area contributed by atoms with E-state index >= 15 is 0 Å². The van der Waals surface area contributed by atoms with Gasteiger partial charge in [-0.2, -0.15) is 0 Å². The van der Waals surface area contributed by atoms with Crippen LogP contribution < -0.4 is 21.5 Å². The SMILES string of the molecule is C=C[N+](C)=CNCc1ccc(C(=O)ON=c2c(=O)c3ccccc3c2=O)cc1. The molecule has 0 aliphatic rings. The van der Waals surface area contributed by atoms with Gasteiger partial charge in [-0.25, -0.2) is 9.37 Å². The van der Waals surface area contributed by atoms with Gasteiger partial charge in [0.25, 0.3) is 0 Å². The standard InChI is InChI=1S/C21H17N3O4/c1-3-24(2)13-22-12-14-8-10-15(11-9-14)21(27)28-23-18-19(25)16-6-4-5-7-17(16)20(18)26/h3-11,13H,1,12H2,2H3/p+1. The normalized spacial score (nSPS) is 11.2. The summed E-state index contributed by atoms with van der Waals surface area (Å²) in [7, 11) is 1.85. The second-order valence-corrected chi connectivity index (χ2v) is 6.08. The van der Waals surface area contributed by atoms with E-state index in [0.29, 0.717) is 6.54 Å². The van der Waals surface area contributed by atoms with E-state index < -0.39 is 22.2 Å². The zero-order chi connectivity index (χ0) is 20.1. The van der Waals surface area contributed by atoms with Gasteiger partial charge >= 0.3 is 5.97 Å². The van der Waals surface area contributed by atoms with Gasteiger partial charge in [0.15, 0.2) is 5.36 Å². The number of hydrogen-bond acceptors (Lipinski definition) is 5. The zero-order valence-electron chi connectivity index (χ0n) is 15.2. The zero-order valence-corrected chi connectivity index (χ0v) is 15.2. The summed E-state index contributed by atoms with van der Waals surface area (Å²) in [6.07, 6.45) is 3.42. The van der Waals surface area contributed by atoms with Crippen molar-refractivity contribution in [2.75, 3.05) is 7.05 Å². The number of fused-ring (bicyclic) bond motifs is 1. The minimum Gasteiger partial charge on any atom is -0.312 e. The Hall–Kier alpha value is -3.87. The number of hydrogen-bond donors (Lipinski definition) is 1. The lowest BCUT2D eigenvalue weighted by Gasteiger charge is -2.00. The number of nitrogens with zero attached hydrogens (tertiary/aromatic N) is 2. The molecule has 7 heteroatoms. The summed E-state index contributed by atoms with van der Waals surface area (Å²) in [6, 6.07) is 13.1. The molecule has 7 nitrogen and oxygen atoms in total. The Kier molecular flexibility index (Phi) is 5.55. The average molecular weight is 376 g/mol. The Bertz CT molecular complexity index is 1170. The van der Waals surface area contributed by atoms with Crippen molar-refractivity contribution in [2.45, 2.75) is 6.54 Å². The van der Waals surface area contributed by atoms with Crippen molar-refractivity contribution < 1.29 is 14.2 Å². The van der Waals surface area contributed by atoms with Crippen LogP contribution in [0.5, 0.6) is 0 Å². The lowest BCUT2D eigenvalue weighted by Crippen LogP contribution is -2.32. The maximum atomic E-state index is 12.2. The van der Waals surface area contributed by atoms with Crippen LogP contribution in [0.15, 0.2) is 76.1 Å². The lowest BCUT2D eigenvalue weighted by molar-refractivity contribution is -0.418. The lowest BCUT2D eigenvalue weighted by atomic mass is 10.1. The second kappa shape index (κ2) is 8.22. The highest BCUT2D eigenvalue weighted by Crippen LogP contribution is 2.06. The van der Waals surface area contributed by atoms with Crippen LogP contribution >= 0.6 is 0 Å². The van der Waals surface area contributed by atoms with Gasteiger partial charge in [-0.1, -0.05) is 48.1 Å². The first-order valence-corrected chi connectivity index (χ1v) is 8.49. The van der Waals surface area contributed by atoms with Crippen molar-refractivity contribution in [3.63, 3.8) is 0 Å². The van der Waals surface area contributed by atoms with Crippen LogP contribution in [0.4, 0.5) is 0 Å². The van der Waals surface area contributed by atoms with Crippen LogP contribution in [-0.2, 0) is 11.4 Å². The van der Waals surface area contributed by atoms with Gasteiger partial charge in [-0.15, -0.1) is 0 Å². The molecule has 3 aromatic carbocycles. The Morgan fingerprint density at radius 2 is 1.71 bits per heavy atom. The summed E-state index contributed by atoms with van der Waals surface area (Å²) >= 11 is 0. The summed E-state index contributed by atoms with van der Waals surface area (Å²) in [5.74, 6) is -0.749. The molecule has 3 rings (SSSR count). The minimum atomic E-state index is -0.749. The molecule has 0 aliphatic carbocycles. The minimum absolute atomic E-state index is 0.260. The van der Waals surface area contributed by atoms with Crippen LogP contribution in [0.3, 0.4) is 0 Å². The number of rotatable bonds is 6. The van der Waals surface area contributed by atoms with Crippen molar-refractivity contribution >= 4 is 23.1 Å². The molecule has 0 bridgehead atoms. The van der Waals surface area contributed by atoms with Crippen LogP contribution in [0, 0.1) is 0 Å². The molecule has 0 saturated carbocycles. The van der Waals surface area contributed by atoms with E-state index in [-0.39, 0.29) is 16.3 Å². The molecule has 0 amide bonds. The third kappa shape index (κ3) is 3.93. The van der Waals surface area contributed by atoms with Gasteiger partial charge < -0.3 is 4.84 Å². The first-order chi connectivity index (χ1) is 13.5. The van der Waals surface area contributed by atoms with E-state index in [9.17, 15) is 14.4 Å². The molecule has 0 heterocycles. The predicted molar refractivity (Wildman–Crippen MR) is 106 cm³/mol. The van der Waals surface area contributed by atoms with E-state index in [2.05, 4.69) is 17.1 Å². The van der Waals surface area contributed by atoms with Crippen molar-refractivity contribution in [3.8, 4) is 0 Å². The van der Waals surface area contributed by atoms with Crippen molar-refractivity contribution in [3.05, 3.63) is 98.2 Å². The number of carbonyl (C=O) groups excluding carboxylic acids is 1. The molecule has 0 saturated heterocycles. The first-order valence-electron chi connectivity index (χ1n) is 8.49. The molecule has 0 unspecified atom stereocenters. The molecule has 0 radical (unpaired) electrons. The van der Waals surface area contributed by atoms with Gasteiger partial charge in [-0.05, 0) is 17.7 Å². The summed E-state index contributed by atoms with van der Waals surface area (Å²) < 4.78 is 1.77.